The SMILES string of the molecule is CCOc1ccc(CN(C)C(=O)c2c(F)cccc2F)cc1. The van der Waals surface area contributed by atoms with Crippen LogP contribution in [0.15, 0.2) is 42.5 Å². The first-order chi connectivity index (χ1) is 10.5. The number of hydrogen-bond donors (Lipinski definition) is 0. The van der Waals surface area contributed by atoms with Crippen molar-refractivity contribution in [3.8, 4) is 5.75 Å². The Morgan fingerprint density at radius 1 is 1.09 bits per heavy atom. The van der Waals surface area contributed by atoms with Crippen LogP contribution < -0.4 is 4.74 Å². The molecule has 2 rings (SSSR count). The largest absolute Gasteiger partial charge is 0.494 e. The van der Waals surface area contributed by atoms with Crippen LogP contribution in [0.4, 0.5) is 8.78 Å². The zero-order chi connectivity index (χ0) is 16.1. The van der Waals surface area contributed by atoms with Gasteiger partial charge >= 0.3 is 0 Å². The Kier molecular flexibility index (Phi) is 5.09. The number of ether oxygens (including phenoxy) is 1. The van der Waals surface area contributed by atoms with Gasteiger partial charge in [0.2, 0.25) is 0 Å². The maximum absolute atomic E-state index is 13.6. The van der Waals surface area contributed by atoms with E-state index in [4.69, 9.17) is 4.74 Å². The summed E-state index contributed by atoms with van der Waals surface area (Å²) in [6, 6.07) is 10.6. The molecule has 0 aliphatic carbocycles. The first kappa shape index (κ1) is 15.9. The fourth-order valence-corrected chi connectivity index (χ4v) is 2.10. The molecule has 0 radical (unpaired) electrons. The second kappa shape index (κ2) is 7.02. The van der Waals surface area contributed by atoms with E-state index in [1.54, 1.807) is 12.1 Å². The molecular weight excluding hydrogens is 288 g/mol. The third-order valence-corrected chi connectivity index (χ3v) is 3.18. The molecule has 3 nitrogen and oxygen atoms in total. The van der Waals surface area contributed by atoms with Crippen LogP contribution in [0.2, 0.25) is 0 Å². The summed E-state index contributed by atoms with van der Waals surface area (Å²) in [5.74, 6) is -1.67. The van der Waals surface area contributed by atoms with E-state index in [0.717, 1.165) is 23.4 Å². The van der Waals surface area contributed by atoms with Crippen molar-refractivity contribution in [3.05, 3.63) is 65.2 Å². The highest BCUT2D eigenvalue weighted by molar-refractivity contribution is 5.94. The van der Waals surface area contributed by atoms with Crippen molar-refractivity contribution in [2.45, 2.75) is 13.5 Å². The summed E-state index contributed by atoms with van der Waals surface area (Å²) in [6.07, 6.45) is 0. The number of nitrogens with zero attached hydrogens (tertiary/aromatic N) is 1. The second-order valence-electron chi connectivity index (χ2n) is 4.83. The summed E-state index contributed by atoms with van der Waals surface area (Å²) in [4.78, 5) is 13.5. The molecule has 5 heteroatoms. The van der Waals surface area contributed by atoms with Crippen molar-refractivity contribution in [2.75, 3.05) is 13.7 Å². The molecule has 22 heavy (non-hydrogen) atoms. The van der Waals surface area contributed by atoms with E-state index in [2.05, 4.69) is 0 Å². The van der Waals surface area contributed by atoms with Crippen molar-refractivity contribution in [3.63, 3.8) is 0 Å². The molecule has 0 saturated carbocycles. The minimum Gasteiger partial charge on any atom is -0.494 e. The first-order valence-corrected chi connectivity index (χ1v) is 6.94. The normalized spacial score (nSPS) is 10.4. The molecule has 2 aromatic carbocycles. The zero-order valence-electron chi connectivity index (χ0n) is 12.5. The third kappa shape index (κ3) is 3.61. The maximum Gasteiger partial charge on any atom is 0.259 e. The van der Waals surface area contributed by atoms with Crippen molar-refractivity contribution < 1.29 is 18.3 Å². The Bertz CT molecular complexity index is 636. The molecule has 0 saturated heterocycles. The van der Waals surface area contributed by atoms with Crippen molar-refractivity contribution in [1.82, 2.24) is 4.90 Å². The van der Waals surface area contributed by atoms with Gasteiger partial charge in [-0.2, -0.15) is 0 Å². The quantitative estimate of drug-likeness (QED) is 0.844. The van der Waals surface area contributed by atoms with Gasteiger partial charge in [0.25, 0.3) is 5.91 Å². The van der Waals surface area contributed by atoms with Gasteiger partial charge in [-0.1, -0.05) is 18.2 Å². The smallest absolute Gasteiger partial charge is 0.259 e. The lowest BCUT2D eigenvalue weighted by Crippen LogP contribution is -2.28. The van der Waals surface area contributed by atoms with E-state index < -0.39 is 23.1 Å². The molecule has 0 bridgehead atoms. The summed E-state index contributed by atoms with van der Waals surface area (Å²) in [6.45, 7) is 2.71. The highest BCUT2D eigenvalue weighted by atomic mass is 19.1. The van der Waals surface area contributed by atoms with Crippen molar-refractivity contribution in [1.29, 1.82) is 0 Å². The predicted molar refractivity (Wildman–Crippen MR) is 79.8 cm³/mol. The molecule has 0 heterocycles. The lowest BCUT2D eigenvalue weighted by Gasteiger charge is -2.18. The number of carbonyl (C=O) groups is 1. The van der Waals surface area contributed by atoms with Crippen molar-refractivity contribution in [2.24, 2.45) is 0 Å². The van der Waals surface area contributed by atoms with Gasteiger partial charge in [-0.15, -0.1) is 0 Å². The van der Waals surface area contributed by atoms with Crippen LogP contribution >= 0.6 is 0 Å². The van der Waals surface area contributed by atoms with E-state index in [1.165, 1.54) is 18.0 Å². The highest BCUT2D eigenvalue weighted by Gasteiger charge is 2.20. The molecule has 2 aromatic rings. The second-order valence-corrected chi connectivity index (χ2v) is 4.83. The van der Waals surface area contributed by atoms with Crippen LogP contribution in [0.25, 0.3) is 0 Å². The average Bonchev–Trinajstić information content (AvgIpc) is 2.49. The van der Waals surface area contributed by atoms with Crippen LogP contribution in [0.5, 0.6) is 5.75 Å². The number of amides is 1. The molecule has 1 amide bonds. The minimum absolute atomic E-state index is 0.249. The van der Waals surface area contributed by atoms with Gasteiger partial charge in [0.05, 0.1) is 6.61 Å². The van der Waals surface area contributed by atoms with E-state index in [1.807, 2.05) is 19.1 Å². The number of benzene rings is 2. The lowest BCUT2D eigenvalue weighted by atomic mass is 10.1. The molecular formula is C17H17F2NO2. The van der Waals surface area contributed by atoms with Crippen LogP contribution in [0, 0.1) is 11.6 Å². The van der Waals surface area contributed by atoms with Gasteiger partial charge in [0.15, 0.2) is 0 Å². The van der Waals surface area contributed by atoms with Gasteiger partial charge in [0.1, 0.15) is 22.9 Å². The van der Waals surface area contributed by atoms with Crippen LogP contribution in [-0.2, 0) is 6.54 Å². The van der Waals surface area contributed by atoms with Gasteiger partial charge in [-0.3, -0.25) is 4.79 Å². The summed E-state index contributed by atoms with van der Waals surface area (Å²) >= 11 is 0. The summed E-state index contributed by atoms with van der Waals surface area (Å²) < 4.78 is 32.6. The zero-order valence-corrected chi connectivity index (χ0v) is 12.5. The van der Waals surface area contributed by atoms with Gasteiger partial charge in [0, 0.05) is 13.6 Å². The van der Waals surface area contributed by atoms with Crippen LogP contribution in [0.1, 0.15) is 22.8 Å². The monoisotopic (exact) mass is 305 g/mol. The Morgan fingerprint density at radius 2 is 1.68 bits per heavy atom. The first-order valence-electron chi connectivity index (χ1n) is 6.94. The summed E-state index contributed by atoms with van der Waals surface area (Å²) in [5.41, 5.74) is 0.312. The number of halogens is 2. The highest BCUT2D eigenvalue weighted by Crippen LogP contribution is 2.17. The van der Waals surface area contributed by atoms with E-state index in [-0.39, 0.29) is 6.54 Å². The average molecular weight is 305 g/mol. The standard InChI is InChI=1S/C17H17F2NO2/c1-3-22-13-9-7-12(8-10-13)11-20(2)17(21)16-14(18)5-4-6-15(16)19/h4-10H,3,11H2,1-2H3. The van der Waals surface area contributed by atoms with Crippen LogP contribution in [0.3, 0.4) is 0 Å². The molecule has 0 aromatic heterocycles. The molecule has 0 aliphatic heterocycles. The van der Waals surface area contributed by atoms with Crippen LogP contribution in [-0.4, -0.2) is 24.5 Å². The van der Waals surface area contributed by atoms with Gasteiger partial charge in [-0.25, -0.2) is 8.78 Å². The Morgan fingerprint density at radius 3 is 2.23 bits per heavy atom. The van der Waals surface area contributed by atoms with Gasteiger partial charge in [-0.05, 0) is 36.8 Å². The van der Waals surface area contributed by atoms with E-state index in [9.17, 15) is 13.6 Å². The summed E-state index contributed by atoms with van der Waals surface area (Å²) in [5, 5.41) is 0. The molecule has 0 atom stereocenters. The number of carbonyl (C=O) groups excluding carboxylic acids is 1. The van der Waals surface area contributed by atoms with E-state index in [0.29, 0.717) is 6.61 Å². The minimum atomic E-state index is -0.858. The maximum atomic E-state index is 13.6. The molecule has 0 fully saturated rings. The van der Waals surface area contributed by atoms with E-state index >= 15 is 0 Å². The fourth-order valence-electron chi connectivity index (χ4n) is 2.10. The topological polar surface area (TPSA) is 29.5 Å². The Hall–Kier alpha value is -2.43. The lowest BCUT2D eigenvalue weighted by molar-refractivity contribution is 0.0775. The fraction of sp³-hybridized carbons (Fsp3) is 0.235. The Labute approximate surface area is 128 Å². The molecule has 0 N–H and O–H groups in total. The molecule has 116 valence electrons. The predicted octanol–water partition coefficient (Wildman–Crippen LogP) is 3.64. The third-order valence-electron chi connectivity index (χ3n) is 3.18. The molecule has 0 aliphatic rings. The van der Waals surface area contributed by atoms with Gasteiger partial charge < -0.3 is 9.64 Å². The summed E-state index contributed by atoms with van der Waals surface area (Å²) in [7, 11) is 1.50. The number of hydrogen-bond acceptors (Lipinski definition) is 2. The van der Waals surface area contributed by atoms with Crippen molar-refractivity contribution >= 4 is 5.91 Å². The number of rotatable bonds is 5. The Balaban J connectivity index is 2.11. The molecule has 0 spiro atoms. The molecule has 0 unspecified atom stereocenters.